The molecule has 0 aliphatic carbocycles. The SMILES string of the molecule is C=C(CCOC(C)=O)C(=O)Nc1ccc(Oc2ccccc2C(F)(F)F)cc1. The molecule has 8 heteroatoms. The molecule has 0 unspecified atom stereocenters. The number of nitrogens with one attached hydrogen (secondary N) is 1. The van der Waals surface area contributed by atoms with Crippen molar-refractivity contribution < 1.29 is 32.2 Å². The largest absolute Gasteiger partial charge is 0.466 e. The number of ether oxygens (including phenoxy) is 2. The Morgan fingerprint density at radius 1 is 1.07 bits per heavy atom. The zero-order valence-corrected chi connectivity index (χ0v) is 15.0. The maximum atomic E-state index is 13.0. The first kappa shape index (κ1) is 21.0. The Labute approximate surface area is 159 Å². The molecule has 0 bridgehead atoms. The van der Waals surface area contributed by atoms with Crippen molar-refractivity contribution in [1.29, 1.82) is 0 Å². The summed E-state index contributed by atoms with van der Waals surface area (Å²) >= 11 is 0. The van der Waals surface area contributed by atoms with E-state index < -0.39 is 23.6 Å². The van der Waals surface area contributed by atoms with Gasteiger partial charge in [-0.1, -0.05) is 18.7 Å². The Morgan fingerprint density at radius 2 is 1.71 bits per heavy atom. The second-order valence-electron chi connectivity index (χ2n) is 5.77. The highest BCUT2D eigenvalue weighted by Crippen LogP contribution is 2.37. The molecule has 2 aromatic carbocycles. The Bertz CT molecular complexity index is 860. The predicted octanol–water partition coefficient (Wildman–Crippen LogP) is 4.95. The van der Waals surface area contributed by atoms with Crippen LogP contribution >= 0.6 is 0 Å². The fourth-order valence-corrected chi connectivity index (χ4v) is 2.17. The van der Waals surface area contributed by atoms with Crippen LogP contribution in [0.5, 0.6) is 11.5 Å². The molecule has 28 heavy (non-hydrogen) atoms. The lowest BCUT2D eigenvalue weighted by atomic mass is 10.2. The molecule has 0 heterocycles. The van der Waals surface area contributed by atoms with Gasteiger partial charge in [0.1, 0.15) is 11.5 Å². The average molecular weight is 393 g/mol. The number of carbonyl (C=O) groups is 2. The molecule has 1 N–H and O–H groups in total. The summed E-state index contributed by atoms with van der Waals surface area (Å²) < 4.78 is 49.1. The monoisotopic (exact) mass is 393 g/mol. The number of anilines is 1. The van der Waals surface area contributed by atoms with Crippen molar-refractivity contribution in [2.24, 2.45) is 0 Å². The van der Waals surface area contributed by atoms with E-state index in [2.05, 4.69) is 11.9 Å². The average Bonchev–Trinajstić information content (AvgIpc) is 2.62. The molecule has 0 saturated carbocycles. The van der Waals surface area contributed by atoms with Crippen molar-refractivity contribution in [2.45, 2.75) is 19.5 Å². The van der Waals surface area contributed by atoms with Gasteiger partial charge in [0.15, 0.2) is 0 Å². The molecule has 0 aromatic heterocycles. The summed E-state index contributed by atoms with van der Waals surface area (Å²) in [6, 6.07) is 10.7. The molecule has 0 aliphatic heterocycles. The zero-order valence-electron chi connectivity index (χ0n) is 15.0. The minimum atomic E-state index is -4.53. The molecule has 0 aliphatic rings. The van der Waals surface area contributed by atoms with Crippen LogP contribution in [0.3, 0.4) is 0 Å². The van der Waals surface area contributed by atoms with E-state index in [1.807, 2.05) is 0 Å². The summed E-state index contributed by atoms with van der Waals surface area (Å²) in [5.41, 5.74) is -0.243. The van der Waals surface area contributed by atoms with E-state index in [-0.39, 0.29) is 30.1 Å². The van der Waals surface area contributed by atoms with Gasteiger partial charge < -0.3 is 14.8 Å². The number of rotatable bonds is 7. The number of alkyl halides is 3. The number of hydrogen-bond acceptors (Lipinski definition) is 4. The summed E-state index contributed by atoms with van der Waals surface area (Å²) in [6.45, 7) is 4.93. The standard InChI is InChI=1S/C20H18F3NO4/c1-13(11-12-27-14(2)25)19(26)24-15-7-9-16(10-8-15)28-18-6-4-3-5-17(18)20(21,22)23/h3-10H,1,11-12H2,2H3,(H,24,26). The fraction of sp³-hybridized carbons (Fsp3) is 0.200. The summed E-state index contributed by atoms with van der Waals surface area (Å²) in [6.07, 6.45) is -4.35. The second kappa shape index (κ2) is 9.07. The van der Waals surface area contributed by atoms with Crippen molar-refractivity contribution in [2.75, 3.05) is 11.9 Å². The van der Waals surface area contributed by atoms with E-state index in [1.54, 1.807) is 0 Å². The van der Waals surface area contributed by atoms with Crippen LogP contribution in [-0.4, -0.2) is 18.5 Å². The summed E-state index contributed by atoms with van der Waals surface area (Å²) in [7, 11) is 0. The second-order valence-corrected chi connectivity index (χ2v) is 5.77. The first-order valence-corrected chi connectivity index (χ1v) is 8.23. The molecule has 2 aromatic rings. The highest BCUT2D eigenvalue weighted by molar-refractivity contribution is 6.03. The summed E-state index contributed by atoms with van der Waals surface area (Å²) in [5, 5.41) is 2.59. The van der Waals surface area contributed by atoms with Crippen LogP contribution in [0.15, 0.2) is 60.7 Å². The molecule has 0 fully saturated rings. The number of hydrogen-bond donors (Lipinski definition) is 1. The van der Waals surface area contributed by atoms with Crippen molar-refractivity contribution >= 4 is 17.6 Å². The van der Waals surface area contributed by atoms with E-state index in [9.17, 15) is 22.8 Å². The Kier molecular flexibility index (Phi) is 6.81. The Hall–Kier alpha value is -3.29. The molecule has 148 valence electrons. The quantitative estimate of drug-likeness (QED) is 0.534. The van der Waals surface area contributed by atoms with Crippen molar-refractivity contribution in [3.63, 3.8) is 0 Å². The number of para-hydroxylation sites is 1. The van der Waals surface area contributed by atoms with Gasteiger partial charge in [-0.2, -0.15) is 13.2 Å². The van der Waals surface area contributed by atoms with Gasteiger partial charge in [-0.15, -0.1) is 0 Å². The van der Waals surface area contributed by atoms with Crippen molar-refractivity contribution in [1.82, 2.24) is 0 Å². The maximum absolute atomic E-state index is 13.0. The predicted molar refractivity (Wildman–Crippen MR) is 97.0 cm³/mol. The van der Waals surface area contributed by atoms with Crippen molar-refractivity contribution in [3.05, 3.63) is 66.2 Å². The normalized spacial score (nSPS) is 10.9. The van der Waals surface area contributed by atoms with Crippen LogP contribution in [0.2, 0.25) is 0 Å². The molecule has 0 spiro atoms. The Balaban J connectivity index is 1.98. The molecule has 5 nitrogen and oxygen atoms in total. The number of amides is 1. The van der Waals surface area contributed by atoms with Gasteiger partial charge >= 0.3 is 12.1 Å². The number of carbonyl (C=O) groups excluding carboxylic acids is 2. The first-order valence-electron chi connectivity index (χ1n) is 8.23. The van der Waals surface area contributed by atoms with Crippen LogP contribution in [0.1, 0.15) is 18.9 Å². The molecular formula is C20H18F3NO4. The van der Waals surface area contributed by atoms with Crippen LogP contribution in [0.4, 0.5) is 18.9 Å². The van der Waals surface area contributed by atoms with Gasteiger partial charge in [0.25, 0.3) is 5.91 Å². The van der Waals surface area contributed by atoms with Gasteiger partial charge in [0.2, 0.25) is 0 Å². The molecular weight excluding hydrogens is 375 g/mol. The molecule has 2 rings (SSSR count). The minimum Gasteiger partial charge on any atom is -0.466 e. The van der Waals surface area contributed by atoms with Crippen LogP contribution in [0, 0.1) is 0 Å². The van der Waals surface area contributed by atoms with E-state index >= 15 is 0 Å². The van der Waals surface area contributed by atoms with Crippen LogP contribution in [0.25, 0.3) is 0 Å². The maximum Gasteiger partial charge on any atom is 0.419 e. The number of halogens is 3. The third-order valence-corrected chi connectivity index (χ3v) is 3.56. The first-order chi connectivity index (χ1) is 13.2. The highest BCUT2D eigenvalue weighted by atomic mass is 19.4. The fourth-order valence-electron chi connectivity index (χ4n) is 2.17. The van der Waals surface area contributed by atoms with E-state index in [0.717, 1.165) is 6.07 Å². The van der Waals surface area contributed by atoms with Crippen LogP contribution in [-0.2, 0) is 20.5 Å². The highest BCUT2D eigenvalue weighted by Gasteiger charge is 2.34. The van der Waals surface area contributed by atoms with Crippen molar-refractivity contribution in [3.8, 4) is 11.5 Å². The van der Waals surface area contributed by atoms with Gasteiger partial charge in [-0.25, -0.2) is 0 Å². The zero-order chi connectivity index (χ0) is 20.7. The van der Waals surface area contributed by atoms with E-state index in [0.29, 0.717) is 5.69 Å². The van der Waals surface area contributed by atoms with E-state index in [1.165, 1.54) is 49.4 Å². The smallest absolute Gasteiger partial charge is 0.419 e. The van der Waals surface area contributed by atoms with Gasteiger partial charge in [0, 0.05) is 24.6 Å². The lowest BCUT2D eigenvalue weighted by Crippen LogP contribution is -2.15. The minimum absolute atomic E-state index is 0.0486. The Morgan fingerprint density at radius 3 is 2.32 bits per heavy atom. The third kappa shape index (κ3) is 6.15. The lowest BCUT2D eigenvalue weighted by Gasteiger charge is -2.14. The summed E-state index contributed by atoms with van der Waals surface area (Å²) in [5.74, 6) is -1.03. The molecule has 0 saturated heterocycles. The van der Waals surface area contributed by atoms with Gasteiger partial charge in [-0.3, -0.25) is 9.59 Å². The topological polar surface area (TPSA) is 64.6 Å². The molecule has 1 amide bonds. The lowest BCUT2D eigenvalue weighted by molar-refractivity contribution is -0.141. The van der Waals surface area contributed by atoms with E-state index in [4.69, 9.17) is 9.47 Å². The van der Waals surface area contributed by atoms with Crippen LogP contribution < -0.4 is 10.1 Å². The molecule has 0 radical (unpaired) electrons. The summed E-state index contributed by atoms with van der Waals surface area (Å²) in [4.78, 5) is 22.7. The third-order valence-electron chi connectivity index (χ3n) is 3.56. The number of esters is 1. The van der Waals surface area contributed by atoms with Gasteiger partial charge in [0.05, 0.1) is 12.2 Å². The molecule has 0 atom stereocenters. The number of benzene rings is 2. The van der Waals surface area contributed by atoms with Gasteiger partial charge in [-0.05, 0) is 36.4 Å².